The van der Waals surface area contributed by atoms with Crippen molar-refractivity contribution in [1.82, 2.24) is 0 Å². The van der Waals surface area contributed by atoms with E-state index in [0.29, 0.717) is 37.0 Å². The Labute approximate surface area is 384 Å². The summed E-state index contributed by atoms with van der Waals surface area (Å²) in [6, 6.07) is 0. The fraction of sp³-hybridized carbons (Fsp3) is 1.00. The molecular weight excluding hydrogens is 857 g/mol. The molecule has 0 bridgehead atoms. The Hall–Kier alpha value is 1.45. The average molecular weight is 963 g/mol. The van der Waals surface area contributed by atoms with Crippen LogP contribution in [-0.2, 0) is 39.9 Å². The predicted molar refractivity (Wildman–Crippen MR) is 259 cm³/mol. The van der Waals surface area contributed by atoms with Crippen molar-refractivity contribution in [3.8, 4) is 0 Å². The van der Waals surface area contributed by atoms with Gasteiger partial charge < -0.3 is 14.7 Å². The maximum Gasteiger partial charge on any atom is 0.200 e. The molecule has 0 aromatic heterocycles. The quantitative estimate of drug-likeness (QED) is 0.0415. The summed E-state index contributed by atoms with van der Waals surface area (Å²) in [5.41, 5.74) is 0. The molecular formula is C48H105O6P3Zr. The second kappa shape index (κ2) is 51.1. The third-order valence-electron chi connectivity index (χ3n) is 11.2. The number of unbranched alkanes of at least 4 members (excludes halogenated alkanes) is 30. The van der Waals surface area contributed by atoms with Crippen molar-refractivity contribution in [3.63, 3.8) is 0 Å². The van der Waals surface area contributed by atoms with Gasteiger partial charge in [-0.1, -0.05) is 234 Å². The third-order valence-corrected chi connectivity index (χ3v) is 17.3. The number of hydrogen-bond acceptors (Lipinski definition) is 3. The van der Waals surface area contributed by atoms with E-state index in [9.17, 15) is 28.4 Å². The molecule has 0 amide bonds. The molecule has 352 valence electrons. The van der Waals surface area contributed by atoms with Gasteiger partial charge in [0.05, 0.1) is 0 Å². The van der Waals surface area contributed by atoms with Crippen molar-refractivity contribution in [2.75, 3.05) is 37.0 Å². The van der Waals surface area contributed by atoms with Gasteiger partial charge in [-0.05, 0) is 38.5 Å². The zero-order chi connectivity index (χ0) is 43.2. The molecule has 0 heterocycles. The normalized spacial score (nSPS) is 11.7. The monoisotopic (exact) mass is 961 g/mol. The Morgan fingerprint density at radius 1 is 0.224 bits per heavy atom. The van der Waals surface area contributed by atoms with Gasteiger partial charge in [-0.3, -0.25) is 13.7 Å². The summed E-state index contributed by atoms with van der Waals surface area (Å²) in [4.78, 5) is 29.6. The van der Waals surface area contributed by atoms with E-state index in [1.54, 1.807) is 0 Å². The molecule has 0 fully saturated rings. The van der Waals surface area contributed by atoms with E-state index in [1.807, 2.05) is 0 Å². The van der Waals surface area contributed by atoms with Crippen molar-refractivity contribution in [1.29, 1.82) is 0 Å². The molecule has 3 N–H and O–H groups in total. The van der Waals surface area contributed by atoms with Gasteiger partial charge in [-0.25, -0.2) is 0 Å². The topological polar surface area (TPSA) is 112 Å². The van der Waals surface area contributed by atoms with Gasteiger partial charge in [0.2, 0.25) is 22.1 Å². The van der Waals surface area contributed by atoms with E-state index in [2.05, 4.69) is 41.5 Å². The minimum atomic E-state index is -2.80. The molecule has 0 saturated heterocycles. The minimum Gasteiger partial charge on any atom is -0.344 e. The molecule has 0 aromatic rings. The van der Waals surface area contributed by atoms with Crippen LogP contribution in [0.15, 0.2) is 0 Å². The standard InChI is InChI=1S/3C16H35O2P.Zr/c3*1-3-5-7-9-11-13-15-19(17,18)16-14-12-10-8-6-4-2;/h3*3-16H2,1-2H3,(H,17,18);. The summed E-state index contributed by atoms with van der Waals surface area (Å²) in [5, 5.41) is 0. The number of hydrogen-bond donors (Lipinski definition) is 3. The summed E-state index contributed by atoms with van der Waals surface area (Å²) in [5.74, 6) is 0. The van der Waals surface area contributed by atoms with Crippen LogP contribution in [0.2, 0.25) is 0 Å². The van der Waals surface area contributed by atoms with Crippen molar-refractivity contribution < 1.29 is 54.6 Å². The van der Waals surface area contributed by atoms with Crippen LogP contribution < -0.4 is 0 Å². The van der Waals surface area contributed by atoms with E-state index in [0.717, 1.165) is 77.0 Å². The van der Waals surface area contributed by atoms with Gasteiger partial charge in [0.25, 0.3) is 0 Å². The maximum atomic E-state index is 11.9. The SMILES string of the molecule is CCCCCCCCP(=O)(O)CCCCCCCC.CCCCCCCCP(=O)(O)CCCCCCCC.CCCCCCCCP(=O)(O)CCCCCCCC.[Zr]. The fourth-order valence-electron chi connectivity index (χ4n) is 7.17. The van der Waals surface area contributed by atoms with Crippen LogP contribution >= 0.6 is 22.1 Å². The third kappa shape index (κ3) is 59.5. The van der Waals surface area contributed by atoms with Crippen molar-refractivity contribution in [3.05, 3.63) is 0 Å². The molecule has 0 spiro atoms. The van der Waals surface area contributed by atoms with Crippen LogP contribution in [0, 0.1) is 0 Å². The zero-order valence-corrected chi connectivity index (χ0v) is 45.2. The Kier molecular flexibility index (Phi) is 58.2. The molecule has 0 aliphatic rings. The Balaban J connectivity index is -0.000000374. The minimum absolute atomic E-state index is 0. The van der Waals surface area contributed by atoms with Crippen LogP contribution in [0.3, 0.4) is 0 Å². The van der Waals surface area contributed by atoms with Crippen LogP contribution in [-0.4, -0.2) is 51.7 Å². The van der Waals surface area contributed by atoms with E-state index in [-0.39, 0.29) is 26.2 Å². The van der Waals surface area contributed by atoms with Crippen molar-refractivity contribution in [2.24, 2.45) is 0 Å². The maximum absolute atomic E-state index is 11.9. The van der Waals surface area contributed by atoms with Crippen LogP contribution in [0.5, 0.6) is 0 Å². The van der Waals surface area contributed by atoms with Crippen LogP contribution in [0.4, 0.5) is 0 Å². The fourth-order valence-corrected chi connectivity index (χ4v) is 12.1. The first-order chi connectivity index (χ1) is 27.4. The van der Waals surface area contributed by atoms with Crippen molar-refractivity contribution >= 4 is 22.1 Å². The Morgan fingerprint density at radius 2 is 0.328 bits per heavy atom. The molecule has 0 rings (SSSR count). The summed E-state index contributed by atoms with van der Waals surface area (Å²) in [6.45, 7) is 13.3. The van der Waals surface area contributed by atoms with Crippen LogP contribution in [0.1, 0.15) is 273 Å². The second-order valence-corrected chi connectivity index (χ2v) is 25.2. The van der Waals surface area contributed by atoms with E-state index in [1.165, 1.54) is 154 Å². The summed E-state index contributed by atoms with van der Waals surface area (Å²) in [6.07, 6.45) is 46.1. The van der Waals surface area contributed by atoms with Crippen molar-refractivity contribution in [2.45, 2.75) is 273 Å². The Bertz CT molecular complexity index is 748. The summed E-state index contributed by atoms with van der Waals surface area (Å²) >= 11 is 0. The molecule has 0 unspecified atom stereocenters. The smallest absolute Gasteiger partial charge is 0.200 e. The first kappa shape index (κ1) is 66.1. The molecule has 10 heteroatoms. The summed E-state index contributed by atoms with van der Waals surface area (Å²) in [7, 11) is -8.41. The molecule has 58 heavy (non-hydrogen) atoms. The molecule has 0 aliphatic carbocycles. The largest absolute Gasteiger partial charge is 0.344 e. The second-order valence-electron chi connectivity index (χ2n) is 17.5. The zero-order valence-electron chi connectivity index (χ0n) is 40.1. The average Bonchev–Trinajstić information content (AvgIpc) is 3.17. The first-order valence-corrected chi connectivity index (χ1v) is 31.4. The van der Waals surface area contributed by atoms with Gasteiger partial charge in [0.15, 0.2) is 0 Å². The van der Waals surface area contributed by atoms with Gasteiger partial charge in [-0.15, -0.1) is 0 Å². The van der Waals surface area contributed by atoms with E-state index < -0.39 is 22.1 Å². The molecule has 0 aliphatic heterocycles. The van der Waals surface area contributed by atoms with Gasteiger partial charge in [-0.2, -0.15) is 0 Å². The van der Waals surface area contributed by atoms with E-state index in [4.69, 9.17) is 0 Å². The molecule has 0 atom stereocenters. The molecule has 0 saturated carbocycles. The van der Waals surface area contributed by atoms with Gasteiger partial charge in [0, 0.05) is 63.2 Å². The van der Waals surface area contributed by atoms with E-state index >= 15 is 0 Å². The van der Waals surface area contributed by atoms with Gasteiger partial charge in [0.1, 0.15) is 0 Å². The number of rotatable bonds is 42. The Morgan fingerprint density at radius 3 is 0.448 bits per heavy atom. The molecule has 0 radical (unpaired) electrons. The molecule has 0 aromatic carbocycles. The van der Waals surface area contributed by atoms with Gasteiger partial charge >= 0.3 is 0 Å². The first-order valence-electron chi connectivity index (χ1n) is 25.3. The summed E-state index contributed by atoms with van der Waals surface area (Å²) < 4.78 is 35.8. The van der Waals surface area contributed by atoms with Crippen LogP contribution in [0.25, 0.3) is 0 Å². The molecule has 6 nitrogen and oxygen atoms in total. The predicted octanol–water partition coefficient (Wildman–Crippen LogP) is 17.9.